The van der Waals surface area contributed by atoms with E-state index in [4.69, 9.17) is 5.11 Å². The molecule has 128 valence electrons. The molecule has 2 amide bonds. The molecule has 2 aliphatic rings. The SMILES string of the molecule is O=C(NC1CCC(C(=O)O)CC1)c1cccc(N2CCCC2=O)c1. The highest BCUT2D eigenvalue weighted by Crippen LogP contribution is 2.25. The predicted octanol–water partition coefficient (Wildman–Crippen LogP) is 2.19. The molecule has 1 heterocycles. The Hall–Kier alpha value is -2.37. The molecule has 0 radical (unpaired) electrons. The fourth-order valence-electron chi connectivity index (χ4n) is 3.49. The first-order valence-electron chi connectivity index (χ1n) is 8.48. The van der Waals surface area contributed by atoms with Gasteiger partial charge in [0.1, 0.15) is 0 Å². The maximum absolute atomic E-state index is 12.4. The largest absolute Gasteiger partial charge is 0.481 e. The summed E-state index contributed by atoms with van der Waals surface area (Å²) >= 11 is 0. The van der Waals surface area contributed by atoms with Crippen molar-refractivity contribution in [2.75, 3.05) is 11.4 Å². The van der Waals surface area contributed by atoms with Crippen LogP contribution in [0.4, 0.5) is 5.69 Å². The van der Waals surface area contributed by atoms with E-state index in [0.717, 1.165) is 12.1 Å². The van der Waals surface area contributed by atoms with Gasteiger partial charge >= 0.3 is 5.97 Å². The Morgan fingerprint density at radius 3 is 2.54 bits per heavy atom. The molecule has 0 bridgehead atoms. The molecule has 6 heteroatoms. The van der Waals surface area contributed by atoms with Crippen molar-refractivity contribution in [3.63, 3.8) is 0 Å². The zero-order valence-electron chi connectivity index (χ0n) is 13.5. The number of amides is 2. The van der Waals surface area contributed by atoms with Crippen LogP contribution < -0.4 is 10.2 Å². The van der Waals surface area contributed by atoms with Gasteiger partial charge < -0.3 is 15.3 Å². The van der Waals surface area contributed by atoms with E-state index in [2.05, 4.69) is 5.32 Å². The van der Waals surface area contributed by atoms with Crippen molar-refractivity contribution < 1.29 is 19.5 Å². The van der Waals surface area contributed by atoms with E-state index in [0.29, 0.717) is 44.2 Å². The average molecular weight is 330 g/mol. The van der Waals surface area contributed by atoms with Gasteiger partial charge in [0.25, 0.3) is 5.91 Å². The van der Waals surface area contributed by atoms with Crippen LogP contribution in [-0.4, -0.2) is 35.5 Å². The molecule has 1 saturated heterocycles. The van der Waals surface area contributed by atoms with Crippen molar-refractivity contribution in [3.05, 3.63) is 29.8 Å². The number of hydrogen-bond donors (Lipinski definition) is 2. The maximum Gasteiger partial charge on any atom is 0.306 e. The minimum atomic E-state index is -0.747. The van der Waals surface area contributed by atoms with Gasteiger partial charge in [-0.3, -0.25) is 14.4 Å². The van der Waals surface area contributed by atoms with Crippen LogP contribution in [0.5, 0.6) is 0 Å². The van der Waals surface area contributed by atoms with Crippen LogP contribution in [-0.2, 0) is 9.59 Å². The summed E-state index contributed by atoms with van der Waals surface area (Å²) in [4.78, 5) is 37.0. The van der Waals surface area contributed by atoms with Gasteiger partial charge in [-0.25, -0.2) is 0 Å². The summed E-state index contributed by atoms with van der Waals surface area (Å²) in [5.74, 6) is -1.10. The minimum absolute atomic E-state index is 0.0187. The second-order valence-electron chi connectivity index (χ2n) is 6.56. The number of carboxylic acids is 1. The van der Waals surface area contributed by atoms with Crippen LogP contribution in [0.25, 0.3) is 0 Å². The highest BCUT2D eigenvalue weighted by Gasteiger charge is 2.27. The van der Waals surface area contributed by atoms with E-state index in [9.17, 15) is 14.4 Å². The lowest BCUT2D eigenvalue weighted by Crippen LogP contribution is -2.38. The van der Waals surface area contributed by atoms with Gasteiger partial charge in [-0.1, -0.05) is 6.07 Å². The molecule has 1 aromatic carbocycles. The van der Waals surface area contributed by atoms with Crippen molar-refractivity contribution >= 4 is 23.5 Å². The quantitative estimate of drug-likeness (QED) is 0.886. The number of nitrogens with one attached hydrogen (secondary N) is 1. The van der Waals surface area contributed by atoms with Crippen LogP contribution in [0.3, 0.4) is 0 Å². The van der Waals surface area contributed by atoms with Crippen LogP contribution in [0.15, 0.2) is 24.3 Å². The van der Waals surface area contributed by atoms with Gasteiger partial charge in [-0.2, -0.15) is 0 Å². The lowest BCUT2D eigenvalue weighted by molar-refractivity contribution is -0.142. The van der Waals surface area contributed by atoms with Crippen molar-refractivity contribution in [3.8, 4) is 0 Å². The summed E-state index contributed by atoms with van der Waals surface area (Å²) in [7, 11) is 0. The zero-order chi connectivity index (χ0) is 17.1. The number of carbonyl (C=O) groups excluding carboxylic acids is 2. The number of benzene rings is 1. The van der Waals surface area contributed by atoms with Crippen molar-refractivity contribution in [1.82, 2.24) is 5.32 Å². The normalized spacial score (nSPS) is 24.0. The highest BCUT2D eigenvalue weighted by molar-refractivity contribution is 5.99. The summed E-state index contributed by atoms with van der Waals surface area (Å²) in [6.45, 7) is 0.698. The first-order chi connectivity index (χ1) is 11.5. The molecule has 0 spiro atoms. The summed E-state index contributed by atoms with van der Waals surface area (Å²) in [6, 6.07) is 7.14. The lowest BCUT2D eigenvalue weighted by atomic mass is 9.86. The Morgan fingerprint density at radius 1 is 1.17 bits per heavy atom. The second kappa shape index (κ2) is 7.03. The molecular formula is C18H22N2O4. The number of carbonyl (C=O) groups is 3. The third-order valence-electron chi connectivity index (χ3n) is 4.91. The molecule has 6 nitrogen and oxygen atoms in total. The summed E-state index contributed by atoms with van der Waals surface area (Å²) in [5.41, 5.74) is 1.30. The summed E-state index contributed by atoms with van der Waals surface area (Å²) in [5, 5.41) is 12.0. The van der Waals surface area contributed by atoms with Gasteiger partial charge in [0.2, 0.25) is 5.91 Å². The standard InChI is InChI=1S/C18H22N2O4/c21-16-5-2-10-20(16)15-4-1-3-13(11-15)17(22)19-14-8-6-12(7-9-14)18(23)24/h1,3-4,11-12,14H,2,5-10H2,(H,19,22)(H,23,24). The predicted molar refractivity (Wildman–Crippen MR) is 88.9 cm³/mol. The molecule has 1 saturated carbocycles. The van der Waals surface area contributed by atoms with E-state index in [-0.39, 0.29) is 23.8 Å². The van der Waals surface area contributed by atoms with Gasteiger partial charge in [0, 0.05) is 30.3 Å². The lowest BCUT2D eigenvalue weighted by Gasteiger charge is -2.27. The highest BCUT2D eigenvalue weighted by atomic mass is 16.4. The number of anilines is 1. The molecule has 1 aliphatic heterocycles. The molecule has 0 aromatic heterocycles. The fourth-order valence-corrected chi connectivity index (χ4v) is 3.49. The van der Waals surface area contributed by atoms with Crippen LogP contribution in [0.1, 0.15) is 48.9 Å². The van der Waals surface area contributed by atoms with E-state index < -0.39 is 5.97 Å². The molecule has 1 aromatic rings. The molecule has 1 aliphatic carbocycles. The number of nitrogens with zero attached hydrogens (tertiary/aromatic N) is 1. The van der Waals surface area contributed by atoms with E-state index in [1.807, 2.05) is 6.07 Å². The number of hydrogen-bond acceptors (Lipinski definition) is 3. The van der Waals surface area contributed by atoms with E-state index in [1.165, 1.54) is 0 Å². The number of carboxylic acid groups (broad SMARTS) is 1. The van der Waals surface area contributed by atoms with Gasteiger partial charge in [0.15, 0.2) is 0 Å². The Bertz CT molecular complexity index is 650. The van der Waals surface area contributed by atoms with Gasteiger partial charge in [0.05, 0.1) is 5.92 Å². The molecule has 2 fully saturated rings. The summed E-state index contributed by atoms with van der Waals surface area (Å²) in [6.07, 6.45) is 3.98. The molecule has 0 unspecified atom stereocenters. The second-order valence-corrected chi connectivity index (χ2v) is 6.56. The van der Waals surface area contributed by atoms with Crippen molar-refractivity contribution in [2.45, 2.75) is 44.6 Å². The third kappa shape index (κ3) is 3.58. The Morgan fingerprint density at radius 2 is 1.92 bits per heavy atom. The van der Waals surface area contributed by atoms with E-state index >= 15 is 0 Å². The number of aliphatic carboxylic acids is 1. The first kappa shape index (κ1) is 16.5. The number of rotatable bonds is 4. The Kier molecular flexibility index (Phi) is 4.83. The van der Waals surface area contributed by atoms with Crippen LogP contribution in [0.2, 0.25) is 0 Å². The maximum atomic E-state index is 12.4. The van der Waals surface area contributed by atoms with Crippen molar-refractivity contribution in [1.29, 1.82) is 0 Å². The molecule has 2 N–H and O–H groups in total. The Balaban J connectivity index is 1.61. The zero-order valence-corrected chi connectivity index (χ0v) is 13.5. The smallest absolute Gasteiger partial charge is 0.306 e. The van der Waals surface area contributed by atoms with Gasteiger partial charge in [-0.15, -0.1) is 0 Å². The molecule has 24 heavy (non-hydrogen) atoms. The summed E-state index contributed by atoms with van der Waals surface area (Å²) < 4.78 is 0. The fraction of sp³-hybridized carbons (Fsp3) is 0.500. The third-order valence-corrected chi connectivity index (χ3v) is 4.91. The topological polar surface area (TPSA) is 86.7 Å². The molecule has 0 atom stereocenters. The van der Waals surface area contributed by atoms with Crippen LogP contribution >= 0.6 is 0 Å². The average Bonchev–Trinajstić information content (AvgIpc) is 3.01. The van der Waals surface area contributed by atoms with Gasteiger partial charge in [-0.05, 0) is 50.3 Å². The van der Waals surface area contributed by atoms with Crippen molar-refractivity contribution in [2.24, 2.45) is 5.92 Å². The monoisotopic (exact) mass is 330 g/mol. The molecule has 3 rings (SSSR count). The first-order valence-corrected chi connectivity index (χ1v) is 8.48. The Labute approximate surface area is 140 Å². The van der Waals surface area contributed by atoms with Crippen LogP contribution in [0, 0.1) is 5.92 Å². The molecular weight excluding hydrogens is 308 g/mol. The van der Waals surface area contributed by atoms with E-state index in [1.54, 1.807) is 23.1 Å². The minimum Gasteiger partial charge on any atom is -0.481 e.